The first kappa shape index (κ1) is 20.2. The molecule has 0 N–H and O–H groups in total. The van der Waals surface area contributed by atoms with Gasteiger partial charge < -0.3 is 0 Å². The van der Waals surface area contributed by atoms with Gasteiger partial charge in [0, 0.05) is 5.57 Å². The summed E-state index contributed by atoms with van der Waals surface area (Å²) >= 11 is 0. The summed E-state index contributed by atoms with van der Waals surface area (Å²) in [6.45, 7) is 8.42. The van der Waals surface area contributed by atoms with Crippen LogP contribution in [0.5, 0.6) is 0 Å². The molecule has 0 aromatic heterocycles. The number of hydrogen-bond donors (Lipinski definition) is 0. The van der Waals surface area contributed by atoms with E-state index in [9.17, 15) is 0 Å². The summed E-state index contributed by atoms with van der Waals surface area (Å²) in [4.78, 5) is 0. The van der Waals surface area contributed by atoms with Crippen molar-refractivity contribution in [3.05, 3.63) is 12.2 Å². The monoisotopic (exact) mass is 291 g/mol. The van der Waals surface area contributed by atoms with Crippen LogP contribution < -0.4 is 0 Å². The first-order valence-corrected chi connectivity index (χ1v) is 9.28. The van der Waals surface area contributed by atoms with Crippen LogP contribution in [0.1, 0.15) is 104 Å². The summed E-state index contributed by atoms with van der Waals surface area (Å²) < 4.78 is 0. The van der Waals surface area contributed by atoms with Crippen molar-refractivity contribution in [1.29, 1.82) is 5.26 Å². The van der Waals surface area contributed by atoms with Crippen LogP contribution >= 0.6 is 0 Å². The lowest BCUT2D eigenvalue weighted by Gasteiger charge is -2.11. The molecule has 122 valence electrons. The summed E-state index contributed by atoms with van der Waals surface area (Å²) in [7, 11) is 0. The highest BCUT2D eigenvalue weighted by Crippen LogP contribution is 2.18. The van der Waals surface area contributed by atoms with Gasteiger partial charge in [-0.05, 0) is 18.8 Å². The maximum Gasteiger partial charge on any atom is 0.0940 e. The van der Waals surface area contributed by atoms with E-state index in [1.165, 1.54) is 77.0 Å². The number of unbranched alkanes of at least 4 members (excludes halogenated alkanes) is 9. The Morgan fingerprint density at radius 1 is 0.857 bits per heavy atom. The molecule has 0 saturated carbocycles. The number of hydrogen-bond acceptors (Lipinski definition) is 1. The molecule has 0 heterocycles. The standard InChI is InChI=1S/C20H37N/c1-4-5-6-7-9-12-15-19(2)16-13-10-8-11-14-17-20(3)18-21/h19H,3-17H2,1-2H3. The average molecular weight is 292 g/mol. The van der Waals surface area contributed by atoms with Crippen LogP contribution in [0.15, 0.2) is 12.2 Å². The third-order valence-electron chi connectivity index (χ3n) is 4.38. The van der Waals surface area contributed by atoms with Crippen molar-refractivity contribution in [1.82, 2.24) is 0 Å². The minimum atomic E-state index is 0.738. The molecule has 0 rings (SSSR count). The van der Waals surface area contributed by atoms with Gasteiger partial charge in [0.25, 0.3) is 0 Å². The van der Waals surface area contributed by atoms with Gasteiger partial charge in [0.15, 0.2) is 0 Å². The van der Waals surface area contributed by atoms with Crippen LogP contribution in [0.25, 0.3) is 0 Å². The molecule has 0 amide bonds. The maximum atomic E-state index is 8.62. The predicted octanol–water partition coefficient (Wildman–Crippen LogP) is 7.18. The molecule has 0 aliphatic carbocycles. The van der Waals surface area contributed by atoms with Crippen LogP contribution in [-0.4, -0.2) is 0 Å². The summed E-state index contributed by atoms with van der Waals surface area (Å²) in [5.41, 5.74) is 0.738. The molecular formula is C20H37N. The molecule has 0 aromatic rings. The zero-order chi connectivity index (χ0) is 15.8. The number of rotatable bonds is 15. The summed E-state index contributed by atoms with van der Waals surface area (Å²) in [5, 5.41) is 8.62. The Morgan fingerprint density at radius 2 is 1.33 bits per heavy atom. The van der Waals surface area contributed by atoms with Gasteiger partial charge in [-0.3, -0.25) is 0 Å². The lowest BCUT2D eigenvalue weighted by atomic mass is 9.96. The lowest BCUT2D eigenvalue weighted by Crippen LogP contribution is -1.95. The summed E-state index contributed by atoms with van der Waals surface area (Å²) in [5.74, 6) is 0.912. The zero-order valence-corrected chi connectivity index (χ0v) is 14.6. The molecule has 0 spiro atoms. The Kier molecular flexibility index (Phi) is 15.0. The molecule has 1 nitrogen and oxygen atoms in total. The van der Waals surface area contributed by atoms with E-state index in [0.717, 1.165) is 24.3 Å². The molecule has 0 aliphatic heterocycles. The SMILES string of the molecule is C=C(C#N)CCCCCCCC(C)CCCCCCCC. The van der Waals surface area contributed by atoms with Crippen LogP contribution in [0, 0.1) is 17.2 Å². The second-order valence-electron chi connectivity index (χ2n) is 6.68. The van der Waals surface area contributed by atoms with Crippen molar-refractivity contribution < 1.29 is 0 Å². The zero-order valence-electron chi connectivity index (χ0n) is 14.6. The van der Waals surface area contributed by atoms with Crippen LogP contribution in [0.4, 0.5) is 0 Å². The highest BCUT2D eigenvalue weighted by Gasteiger charge is 2.02. The smallest absolute Gasteiger partial charge is 0.0940 e. The van der Waals surface area contributed by atoms with E-state index < -0.39 is 0 Å². The van der Waals surface area contributed by atoms with Gasteiger partial charge in [0.05, 0.1) is 6.07 Å². The molecule has 0 radical (unpaired) electrons. The number of nitrogens with zero attached hydrogens (tertiary/aromatic N) is 1. The van der Waals surface area contributed by atoms with E-state index in [-0.39, 0.29) is 0 Å². The van der Waals surface area contributed by atoms with Gasteiger partial charge in [-0.2, -0.15) is 5.26 Å². The van der Waals surface area contributed by atoms with Crippen LogP contribution in [0.2, 0.25) is 0 Å². The van der Waals surface area contributed by atoms with E-state index in [0.29, 0.717) is 0 Å². The minimum Gasteiger partial charge on any atom is -0.193 e. The van der Waals surface area contributed by atoms with Crippen LogP contribution in [-0.2, 0) is 0 Å². The Morgan fingerprint density at radius 3 is 1.86 bits per heavy atom. The van der Waals surface area contributed by atoms with Crippen molar-refractivity contribution in [3.8, 4) is 6.07 Å². The Labute approximate surface area is 133 Å². The molecule has 0 fully saturated rings. The fourth-order valence-electron chi connectivity index (χ4n) is 2.83. The van der Waals surface area contributed by atoms with Crippen LogP contribution in [0.3, 0.4) is 0 Å². The van der Waals surface area contributed by atoms with E-state index in [4.69, 9.17) is 5.26 Å². The van der Waals surface area contributed by atoms with Gasteiger partial charge in [-0.15, -0.1) is 0 Å². The van der Waals surface area contributed by atoms with E-state index >= 15 is 0 Å². The van der Waals surface area contributed by atoms with Gasteiger partial charge in [-0.1, -0.05) is 97.5 Å². The molecule has 1 unspecified atom stereocenters. The Bertz CT molecular complexity index is 274. The van der Waals surface area contributed by atoms with Crippen molar-refractivity contribution in [2.24, 2.45) is 5.92 Å². The van der Waals surface area contributed by atoms with Crippen molar-refractivity contribution in [2.75, 3.05) is 0 Å². The molecule has 21 heavy (non-hydrogen) atoms. The van der Waals surface area contributed by atoms with Gasteiger partial charge >= 0.3 is 0 Å². The van der Waals surface area contributed by atoms with Gasteiger partial charge in [-0.25, -0.2) is 0 Å². The van der Waals surface area contributed by atoms with Crippen molar-refractivity contribution in [3.63, 3.8) is 0 Å². The van der Waals surface area contributed by atoms with Crippen molar-refractivity contribution >= 4 is 0 Å². The Balaban J connectivity index is 3.21. The topological polar surface area (TPSA) is 23.8 Å². The fraction of sp³-hybridized carbons (Fsp3) is 0.850. The van der Waals surface area contributed by atoms with Crippen molar-refractivity contribution in [2.45, 2.75) is 104 Å². The first-order valence-electron chi connectivity index (χ1n) is 9.28. The fourth-order valence-corrected chi connectivity index (χ4v) is 2.83. The Hall–Kier alpha value is -0.770. The maximum absolute atomic E-state index is 8.62. The molecule has 0 aliphatic rings. The third-order valence-corrected chi connectivity index (χ3v) is 4.38. The highest BCUT2D eigenvalue weighted by atomic mass is 14.2. The second kappa shape index (κ2) is 15.6. The third kappa shape index (κ3) is 15.4. The summed E-state index contributed by atoms with van der Waals surface area (Å²) in [6.07, 6.45) is 18.7. The predicted molar refractivity (Wildman–Crippen MR) is 94.2 cm³/mol. The summed E-state index contributed by atoms with van der Waals surface area (Å²) in [6, 6.07) is 2.12. The van der Waals surface area contributed by atoms with E-state index in [2.05, 4.69) is 26.5 Å². The lowest BCUT2D eigenvalue weighted by molar-refractivity contribution is 0.432. The molecule has 1 atom stereocenters. The number of nitriles is 1. The first-order chi connectivity index (χ1) is 10.2. The van der Waals surface area contributed by atoms with E-state index in [1.54, 1.807) is 0 Å². The number of allylic oxidation sites excluding steroid dienone is 1. The largest absolute Gasteiger partial charge is 0.193 e. The minimum absolute atomic E-state index is 0.738. The quantitative estimate of drug-likeness (QED) is 0.231. The normalized spacial score (nSPS) is 12.0. The molecule has 0 bridgehead atoms. The van der Waals surface area contributed by atoms with Gasteiger partial charge in [0.1, 0.15) is 0 Å². The highest BCUT2D eigenvalue weighted by molar-refractivity contribution is 5.14. The molecule has 1 heteroatoms. The van der Waals surface area contributed by atoms with Gasteiger partial charge in [0.2, 0.25) is 0 Å². The average Bonchev–Trinajstić information content (AvgIpc) is 2.49. The molecule has 0 aromatic carbocycles. The molecular weight excluding hydrogens is 254 g/mol. The second-order valence-corrected chi connectivity index (χ2v) is 6.68. The molecule has 0 saturated heterocycles. The van der Waals surface area contributed by atoms with E-state index in [1.807, 2.05) is 0 Å².